The monoisotopic (exact) mass is 612 g/mol. The largest absolute Gasteiger partial charge is 1.00 e. The Morgan fingerprint density at radius 1 is 0.684 bits per heavy atom. The van der Waals surface area contributed by atoms with Crippen molar-refractivity contribution in [3.63, 3.8) is 0 Å². The zero-order valence-electron chi connectivity index (χ0n) is 22.4. The molecule has 0 fully saturated rings. The summed E-state index contributed by atoms with van der Waals surface area (Å²) < 4.78 is 1.42. The molecule has 2 aliphatic carbocycles. The standard InChI is InChI=1S/C15H13.C15H14.C5H5.2ClH.Zr/c1-10-3-5-14-12(7-10)9-13-8-11(2)4-6-15(13)14;1-12-3-7-14(8-4-12)11-15-9-5-13(2)6-10-15;1-2-4-5-3-1;;;/h3-7H,9H2,1-2H3;3-10H,1-2H3;1-3H,4H2;2*1H;/q-1;;-1;;;+2/p-2. The zero-order valence-corrected chi connectivity index (χ0v) is 26.4. The van der Waals surface area contributed by atoms with Crippen molar-refractivity contribution in [1.82, 2.24) is 0 Å². The van der Waals surface area contributed by atoms with Crippen molar-refractivity contribution in [2.45, 2.75) is 40.5 Å². The predicted molar refractivity (Wildman–Crippen MR) is 150 cm³/mol. The summed E-state index contributed by atoms with van der Waals surface area (Å²) in [6, 6.07) is 32.1. The van der Waals surface area contributed by atoms with E-state index < -0.39 is 0 Å². The number of hydrogen-bond acceptors (Lipinski definition) is 0. The van der Waals surface area contributed by atoms with Crippen LogP contribution in [0.4, 0.5) is 0 Å². The van der Waals surface area contributed by atoms with Crippen LogP contribution in [0.15, 0.2) is 97.1 Å². The first-order valence-corrected chi connectivity index (χ1v) is 13.7. The second-order valence-electron chi connectivity index (χ2n) is 9.48. The molecule has 4 aromatic rings. The molecule has 0 atom stereocenters. The minimum atomic E-state index is 0. The third kappa shape index (κ3) is 8.60. The van der Waals surface area contributed by atoms with Crippen molar-refractivity contribution in [3.8, 4) is 11.1 Å². The van der Waals surface area contributed by atoms with E-state index in [1.54, 1.807) is 0 Å². The van der Waals surface area contributed by atoms with Crippen LogP contribution in [-0.2, 0) is 30.7 Å². The zero-order chi connectivity index (χ0) is 25.5. The maximum atomic E-state index is 3.45. The van der Waals surface area contributed by atoms with Crippen molar-refractivity contribution in [3.05, 3.63) is 154 Å². The van der Waals surface area contributed by atoms with Crippen LogP contribution in [0.3, 0.4) is 0 Å². The Labute approximate surface area is 256 Å². The molecule has 0 aliphatic heterocycles. The molecular weight excluding hydrogens is 583 g/mol. The molecule has 0 heterocycles. The van der Waals surface area contributed by atoms with Gasteiger partial charge in [0.15, 0.2) is 0 Å². The molecule has 0 saturated carbocycles. The van der Waals surface area contributed by atoms with Gasteiger partial charge in [0.1, 0.15) is 0 Å². The molecule has 0 aromatic heterocycles. The van der Waals surface area contributed by atoms with E-state index in [-0.39, 0.29) is 24.8 Å². The Hall–Kier alpha value is -2.31. The summed E-state index contributed by atoms with van der Waals surface area (Å²) in [5.74, 6) is 0. The SMILES string of the molecule is Cc1[c-]c2c(cc1)-c1ccc(C)cc1C2.Cc1ccc([C](=[Zr+2])c2ccc(C)cc2)cc1.[C-]1=CC=CC1.[Cl-].[Cl-]. The Bertz CT molecular complexity index is 1300. The minimum absolute atomic E-state index is 0. The van der Waals surface area contributed by atoms with Gasteiger partial charge in [-0.15, -0.1) is 17.5 Å². The molecule has 0 bridgehead atoms. The van der Waals surface area contributed by atoms with E-state index in [0.29, 0.717) is 0 Å². The van der Waals surface area contributed by atoms with Crippen molar-refractivity contribution < 1.29 is 49.0 Å². The van der Waals surface area contributed by atoms with E-state index in [0.717, 1.165) is 12.8 Å². The van der Waals surface area contributed by atoms with Crippen LogP contribution in [0.1, 0.15) is 50.9 Å². The maximum absolute atomic E-state index is 3.45. The molecule has 4 aromatic carbocycles. The minimum Gasteiger partial charge on any atom is -1.00 e. The molecule has 0 radical (unpaired) electrons. The Kier molecular flexibility index (Phi) is 12.9. The number of aryl methyl sites for hydroxylation is 4. The number of benzene rings is 4. The van der Waals surface area contributed by atoms with E-state index in [2.05, 4.69) is 125 Å². The van der Waals surface area contributed by atoms with Gasteiger partial charge in [0.2, 0.25) is 0 Å². The van der Waals surface area contributed by atoms with Gasteiger partial charge >= 0.3 is 112 Å². The third-order valence-electron chi connectivity index (χ3n) is 6.36. The van der Waals surface area contributed by atoms with E-state index in [1.165, 1.54) is 83.1 Å². The summed E-state index contributed by atoms with van der Waals surface area (Å²) in [7, 11) is 0. The third-order valence-corrected chi connectivity index (χ3v) is 7.78. The summed E-state index contributed by atoms with van der Waals surface area (Å²) in [6.45, 7) is 8.50. The fourth-order valence-electron chi connectivity index (χ4n) is 4.32. The van der Waals surface area contributed by atoms with E-state index in [9.17, 15) is 0 Å². The van der Waals surface area contributed by atoms with Gasteiger partial charge in [0, 0.05) is 0 Å². The topological polar surface area (TPSA) is 0 Å². The second kappa shape index (κ2) is 15.3. The van der Waals surface area contributed by atoms with Gasteiger partial charge in [-0.2, -0.15) is 29.8 Å². The molecule has 0 N–H and O–H groups in total. The Balaban J connectivity index is 0.000000216. The molecule has 0 spiro atoms. The van der Waals surface area contributed by atoms with Gasteiger partial charge in [0.05, 0.1) is 0 Å². The molecule has 2 aliphatic rings. The Morgan fingerprint density at radius 3 is 1.74 bits per heavy atom. The first-order chi connectivity index (χ1) is 17.4. The van der Waals surface area contributed by atoms with Crippen molar-refractivity contribution >= 4 is 3.21 Å². The van der Waals surface area contributed by atoms with Crippen LogP contribution < -0.4 is 24.8 Å². The molecule has 0 saturated heterocycles. The molecular formula is C35H32Cl2Zr-2. The van der Waals surface area contributed by atoms with Gasteiger partial charge < -0.3 is 24.8 Å². The van der Waals surface area contributed by atoms with Gasteiger partial charge in [0.25, 0.3) is 0 Å². The number of halogens is 2. The van der Waals surface area contributed by atoms with Crippen LogP contribution in [0.5, 0.6) is 0 Å². The van der Waals surface area contributed by atoms with Crippen LogP contribution in [0, 0.1) is 39.8 Å². The second-order valence-corrected chi connectivity index (χ2v) is 10.7. The van der Waals surface area contributed by atoms with Crippen LogP contribution >= 0.6 is 0 Å². The van der Waals surface area contributed by atoms with E-state index >= 15 is 0 Å². The van der Waals surface area contributed by atoms with Gasteiger partial charge in [-0.05, 0) is 18.9 Å². The van der Waals surface area contributed by atoms with Crippen LogP contribution in [0.2, 0.25) is 0 Å². The summed E-state index contributed by atoms with van der Waals surface area (Å²) in [4.78, 5) is 0. The average molecular weight is 615 g/mol. The van der Waals surface area contributed by atoms with Crippen LogP contribution in [0.25, 0.3) is 11.1 Å². The fourth-order valence-corrected chi connectivity index (χ4v) is 5.14. The number of allylic oxidation sites excluding steroid dienone is 4. The predicted octanol–water partition coefficient (Wildman–Crippen LogP) is 2.41. The Morgan fingerprint density at radius 2 is 1.24 bits per heavy atom. The molecule has 6 rings (SSSR count). The first kappa shape index (κ1) is 31.9. The molecule has 192 valence electrons. The van der Waals surface area contributed by atoms with E-state index in [4.69, 9.17) is 0 Å². The quantitative estimate of drug-likeness (QED) is 0.268. The summed E-state index contributed by atoms with van der Waals surface area (Å²) in [5.41, 5.74) is 13.5. The number of fused-ring (bicyclic) bond motifs is 3. The number of rotatable bonds is 2. The van der Waals surface area contributed by atoms with Gasteiger partial charge in [-0.25, -0.2) is 12.2 Å². The summed E-state index contributed by atoms with van der Waals surface area (Å²) in [5, 5.41) is 0. The van der Waals surface area contributed by atoms with Gasteiger partial charge in [-0.3, -0.25) is 6.08 Å². The smallest absolute Gasteiger partial charge is 0.109 e. The number of hydrogen-bond donors (Lipinski definition) is 0. The normalized spacial score (nSPS) is 11.5. The molecule has 38 heavy (non-hydrogen) atoms. The van der Waals surface area contributed by atoms with Gasteiger partial charge in [-0.1, -0.05) is 36.2 Å². The van der Waals surface area contributed by atoms with Crippen molar-refractivity contribution in [1.29, 1.82) is 0 Å². The summed E-state index contributed by atoms with van der Waals surface area (Å²) >= 11 is 1.46. The fraction of sp³-hybridized carbons (Fsp3) is 0.171. The van der Waals surface area contributed by atoms with Crippen molar-refractivity contribution in [2.75, 3.05) is 0 Å². The first-order valence-electron chi connectivity index (χ1n) is 12.5. The average Bonchev–Trinajstić information content (AvgIpc) is 3.56. The van der Waals surface area contributed by atoms with Crippen molar-refractivity contribution in [2.24, 2.45) is 0 Å². The molecule has 0 amide bonds. The molecule has 0 nitrogen and oxygen atoms in total. The molecule has 0 unspecified atom stereocenters. The summed E-state index contributed by atoms with van der Waals surface area (Å²) in [6.07, 6.45) is 11.0. The van der Waals surface area contributed by atoms with E-state index in [1.807, 2.05) is 12.2 Å². The van der Waals surface area contributed by atoms with Crippen LogP contribution in [-0.4, -0.2) is 3.21 Å². The molecule has 3 heteroatoms. The maximum Gasteiger partial charge on any atom is -0.109 e.